The van der Waals surface area contributed by atoms with Gasteiger partial charge in [-0.25, -0.2) is 4.68 Å². The molecule has 116 valence electrons. The Bertz CT molecular complexity index is 685. The van der Waals surface area contributed by atoms with Crippen LogP contribution in [0.1, 0.15) is 60.6 Å². The Balaban J connectivity index is 2.00. The molecule has 1 aliphatic carbocycles. The number of carbonyl (C=O) groups excluding carboxylic acids is 1. The number of aryl methyl sites for hydroxylation is 1. The minimum absolute atomic E-state index is 0.00363. The molecule has 22 heavy (non-hydrogen) atoms. The van der Waals surface area contributed by atoms with Crippen LogP contribution in [0.15, 0.2) is 30.5 Å². The number of benzene rings is 1. The third-order valence-corrected chi connectivity index (χ3v) is 4.35. The Kier molecular flexibility index (Phi) is 4.01. The number of aromatic nitrogens is 2. The molecule has 1 aromatic heterocycles. The summed E-state index contributed by atoms with van der Waals surface area (Å²) >= 11 is 0. The molecule has 1 atom stereocenters. The van der Waals surface area contributed by atoms with Crippen LogP contribution in [0.5, 0.6) is 0 Å². The maximum atomic E-state index is 12.5. The van der Waals surface area contributed by atoms with E-state index in [1.54, 1.807) is 6.20 Å². The van der Waals surface area contributed by atoms with E-state index in [4.69, 9.17) is 0 Å². The summed E-state index contributed by atoms with van der Waals surface area (Å²) in [6.45, 7) is 6.18. The van der Waals surface area contributed by atoms with Crippen LogP contribution in [-0.4, -0.2) is 21.7 Å². The highest BCUT2D eigenvalue weighted by molar-refractivity contribution is 5.95. The van der Waals surface area contributed by atoms with Gasteiger partial charge in [-0.3, -0.25) is 4.79 Å². The average Bonchev–Trinajstić information content (AvgIpc) is 3.26. The predicted molar refractivity (Wildman–Crippen MR) is 87.5 cm³/mol. The molecule has 0 unspecified atom stereocenters. The van der Waals surface area contributed by atoms with Gasteiger partial charge in [0.25, 0.3) is 5.91 Å². The van der Waals surface area contributed by atoms with E-state index in [-0.39, 0.29) is 11.9 Å². The molecule has 1 amide bonds. The predicted octanol–water partition coefficient (Wildman–Crippen LogP) is 3.59. The lowest BCUT2D eigenvalue weighted by molar-refractivity contribution is 0.0938. The van der Waals surface area contributed by atoms with Crippen molar-refractivity contribution in [3.63, 3.8) is 0 Å². The van der Waals surface area contributed by atoms with Crippen LogP contribution < -0.4 is 5.32 Å². The molecule has 0 bridgehead atoms. The number of nitrogens with zero attached hydrogens (tertiary/aromatic N) is 2. The van der Waals surface area contributed by atoms with Gasteiger partial charge in [0, 0.05) is 12.0 Å². The Morgan fingerprint density at radius 2 is 2.14 bits per heavy atom. The Labute approximate surface area is 131 Å². The van der Waals surface area contributed by atoms with Crippen LogP contribution in [0.4, 0.5) is 0 Å². The van der Waals surface area contributed by atoms with Gasteiger partial charge >= 0.3 is 0 Å². The van der Waals surface area contributed by atoms with Gasteiger partial charge in [0.1, 0.15) is 0 Å². The summed E-state index contributed by atoms with van der Waals surface area (Å²) < 4.78 is 1.96. The number of amides is 1. The fourth-order valence-electron chi connectivity index (χ4n) is 2.68. The minimum atomic E-state index is -0.00363. The fraction of sp³-hybridized carbons (Fsp3) is 0.444. The van der Waals surface area contributed by atoms with Gasteiger partial charge < -0.3 is 5.32 Å². The van der Waals surface area contributed by atoms with Crippen molar-refractivity contribution >= 4 is 5.91 Å². The fourth-order valence-corrected chi connectivity index (χ4v) is 2.68. The number of rotatable bonds is 5. The quantitative estimate of drug-likeness (QED) is 0.917. The monoisotopic (exact) mass is 297 g/mol. The Hall–Kier alpha value is -2.10. The molecule has 2 aromatic rings. The summed E-state index contributed by atoms with van der Waals surface area (Å²) in [5.74, 6) is 0.455. The zero-order chi connectivity index (χ0) is 15.7. The summed E-state index contributed by atoms with van der Waals surface area (Å²) in [6.07, 6.45) is 4.93. The molecule has 4 heteroatoms. The van der Waals surface area contributed by atoms with E-state index in [0.717, 1.165) is 36.2 Å². The normalized spacial score (nSPS) is 15.6. The molecule has 1 heterocycles. The second-order valence-corrected chi connectivity index (χ2v) is 6.20. The van der Waals surface area contributed by atoms with Crippen molar-refractivity contribution in [3.8, 4) is 5.69 Å². The Morgan fingerprint density at radius 3 is 2.77 bits per heavy atom. The van der Waals surface area contributed by atoms with Gasteiger partial charge in [-0.1, -0.05) is 25.1 Å². The lowest BCUT2D eigenvalue weighted by Gasteiger charge is -2.13. The highest BCUT2D eigenvalue weighted by Crippen LogP contribution is 2.42. The van der Waals surface area contributed by atoms with E-state index < -0.39 is 0 Å². The van der Waals surface area contributed by atoms with Crippen LogP contribution in [0.25, 0.3) is 5.69 Å². The van der Waals surface area contributed by atoms with E-state index >= 15 is 0 Å². The molecule has 1 fully saturated rings. The van der Waals surface area contributed by atoms with Gasteiger partial charge in [0.2, 0.25) is 0 Å². The summed E-state index contributed by atoms with van der Waals surface area (Å²) in [4.78, 5) is 12.5. The summed E-state index contributed by atoms with van der Waals surface area (Å²) in [5.41, 5.74) is 4.02. The van der Waals surface area contributed by atoms with Crippen molar-refractivity contribution < 1.29 is 4.79 Å². The molecular weight excluding hydrogens is 274 g/mol. The SMILES string of the molecule is CC[C@H](C)NC(=O)c1cnn(-c2ccccc2C)c1C1CC1. The van der Waals surface area contributed by atoms with Crippen molar-refractivity contribution in [2.45, 2.75) is 52.0 Å². The van der Waals surface area contributed by atoms with E-state index in [1.807, 2.05) is 23.7 Å². The largest absolute Gasteiger partial charge is 0.349 e. The van der Waals surface area contributed by atoms with Crippen LogP contribution in [0, 0.1) is 6.92 Å². The number of hydrogen-bond donors (Lipinski definition) is 1. The third-order valence-electron chi connectivity index (χ3n) is 4.35. The van der Waals surface area contributed by atoms with E-state index in [2.05, 4.69) is 36.4 Å². The van der Waals surface area contributed by atoms with Gasteiger partial charge in [0.05, 0.1) is 23.1 Å². The lowest BCUT2D eigenvalue weighted by Crippen LogP contribution is -2.32. The summed E-state index contributed by atoms with van der Waals surface area (Å²) in [6, 6.07) is 8.35. The maximum Gasteiger partial charge on any atom is 0.254 e. The van der Waals surface area contributed by atoms with E-state index in [9.17, 15) is 4.79 Å². The molecular formula is C18H23N3O. The van der Waals surface area contributed by atoms with Gasteiger partial charge in [-0.2, -0.15) is 5.10 Å². The van der Waals surface area contributed by atoms with Gasteiger partial charge in [-0.05, 0) is 44.7 Å². The molecule has 0 spiro atoms. The molecule has 0 saturated heterocycles. The number of nitrogens with one attached hydrogen (secondary N) is 1. The second-order valence-electron chi connectivity index (χ2n) is 6.20. The first kappa shape index (κ1) is 14.8. The van der Waals surface area contributed by atoms with Gasteiger partial charge in [0.15, 0.2) is 0 Å². The van der Waals surface area contributed by atoms with Crippen molar-refractivity contribution in [2.75, 3.05) is 0 Å². The van der Waals surface area contributed by atoms with Crippen LogP contribution in [0.2, 0.25) is 0 Å². The standard InChI is InChI=1S/C18H23N3O/c1-4-13(3)20-18(22)15-11-19-21(17(15)14-9-10-14)16-8-6-5-7-12(16)2/h5-8,11,13-14H,4,9-10H2,1-3H3,(H,20,22)/t13-/m0/s1. The first-order valence-electron chi connectivity index (χ1n) is 8.06. The lowest BCUT2D eigenvalue weighted by atomic mass is 10.1. The number of para-hydroxylation sites is 1. The zero-order valence-corrected chi connectivity index (χ0v) is 13.5. The number of hydrogen-bond acceptors (Lipinski definition) is 2. The van der Waals surface area contributed by atoms with Crippen molar-refractivity contribution in [1.82, 2.24) is 15.1 Å². The first-order valence-corrected chi connectivity index (χ1v) is 8.06. The molecule has 0 aliphatic heterocycles. The molecule has 1 N–H and O–H groups in total. The van der Waals surface area contributed by atoms with E-state index in [0.29, 0.717) is 5.92 Å². The molecule has 4 nitrogen and oxygen atoms in total. The Morgan fingerprint density at radius 1 is 1.41 bits per heavy atom. The zero-order valence-electron chi connectivity index (χ0n) is 13.5. The minimum Gasteiger partial charge on any atom is -0.349 e. The second kappa shape index (κ2) is 5.95. The van der Waals surface area contributed by atoms with Crippen molar-refractivity contribution in [2.24, 2.45) is 0 Å². The number of carbonyl (C=O) groups is 1. The van der Waals surface area contributed by atoms with Gasteiger partial charge in [-0.15, -0.1) is 0 Å². The van der Waals surface area contributed by atoms with Crippen molar-refractivity contribution in [3.05, 3.63) is 47.3 Å². The van der Waals surface area contributed by atoms with E-state index in [1.165, 1.54) is 5.56 Å². The van der Waals surface area contributed by atoms with Crippen LogP contribution in [0.3, 0.4) is 0 Å². The topological polar surface area (TPSA) is 46.9 Å². The highest BCUT2D eigenvalue weighted by atomic mass is 16.1. The van der Waals surface area contributed by atoms with Crippen LogP contribution >= 0.6 is 0 Å². The smallest absolute Gasteiger partial charge is 0.254 e. The van der Waals surface area contributed by atoms with Crippen molar-refractivity contribution in [1.29, 1.82) is 0 Å². The summed E-state index contributed by atoms with van der Waals surface area (Å²) in [7, 11) is 0. The molecule has 1 aromatic carbocycles. The maximum absolute atomic E-state index is 12.5. The molecule has 1 aliphatic rings. The third kappa shape index (κ3) is 2.78. The molecule has 1 saturated carbocycles. The molecule has 3 rings (SSSR count). The molecule has 0 radical (unpaired) electrons. The average molecular weight is 297 g/mol. The summed E-state index contributed by atoms with van der Waals surface area (Å²) in [5, 5.41) is 7.57. The highest BCUT2D eigenvalue weighted by Gasteiger charge is 2.33. The van der Waals surface area contributed by atoms with Crippen LogP contribution in [-0.2, 0) is 0 Å². The first-order chi connectivity index (χ1) is 10.6.